The quantitative estimate of drug-likeness (QED) is 0.533. The number of nitrogens with zero attached hydrogens (tertiary/aromatic N) is 3. The fourth-order valence-electron chi connectivity index (χ4n) is 4.18. The Balaban J connectivity index is 1.55. The number of rotatable bonds is 5. The highest BCUT2D eigenvalue weighted by atomic mass is 32.2. The lowest BCUT2D eigenvalue weighted by atomic mass is 9.98. The Morgan fingerprint density at radius 1 is 1.15 bits per heavy atom. The van der Waals surface area contributed by atoms with Crippen molar-refractivity contribution in [3.8, 4) is 5.69 Å². The highest BCUT2D eigenvalue weighted by Crippen LogP contribution is 2.30. The summed E-state index contributed by atoms with van der Waals surface area (Å²) in [5.41, 5.74) is 1.70. The predicted octanol–water partition coefficient (Wildman–Crippen LogP) is 4.31. The maximum Gasteiger partial charge on any atom is 0.416 e. The van der Waals surface area contributed by atoms with Crippen molar-refractivity contribution in [3.05, 3.63) is 77.1 Å². The van der Waals surface area contributed by atoms with Gasteiger partial charge in [-0.25, -0.2) is 13.1 Å². The third-order valence-corrected chi connectivity index (χ3v) is 7.07. The van der Waals surface area contributed by atoms with E-state index in [0.717, 1.165) is 29.5 Å². The summed E-state index contributed by atoms with van der Waals surface area (Å²) in [5, 5.41) is 4.26. The summed E-state index contributed by atoms with van der Waals surface area (Å²) in [4.78, 5) is 15.2. The van der Waals surface area contributed by atoms with Gasteiger partial charge in [-0.3, -0.25) is 4.79 Å². The van der Waals surface area contributed by atoms with Crippen molar-refractivity contribution in [1.82, 2.24) is 14.7 Å². The lowest BCUT2D eigenvalue weighted by Crippen LogP contribution is -2.30. The summed E-state index contributed by atoms with van der Waals surface area (Å²) in [6, 6.07) is 9.50. The average molecular weight is 492 g/mol. The molecule has 34 heavy (non-hydrogen) atoms. The number of hydrogen-bond donors (Lipinski definition) is 0. The standard InChI is InChI=1S/C24H24F3N3O3S/c1-16-13-28-30(14-16)22-8-7-20(34(2,32)33)12-21(22)23(31)29-10-9-18(15-29)11-17-3-5-19(6-4-17)24(25,26)27/h3-8,12-14,18H,9-11,15H2,1-2H3. The average Bonchev–Trinajstić information content (AvgIpc) is 3.41. The lowest BCUT2D eigenvalue weighted by Gasteiger charge is -2.19. The summed E-state index contributed by atoms with van der Waals surface area (Å²) >= 11 is 0. The van der Waals surface area contributed by atoms with E-state index in [1.807, 2.05) is 6.92 Å². The highest BCUT2D eigenvalue weighted by Gasteiger charge is 2.31. The molecular weight excluding hydrogens is 467 g/mol. The van der Waals surface area contributed by atoms with Crippen LogP contribution in [0.2, 0.25) is 0 Å². The second-order valence-corrected chi connectivity index (χ2v) is 10.7. The molecule has 1 aromatic heterocycles. The zero-order chi connectivity index (χ0) is 24.7. The molecule has 1 saturated heterocycles. The zero-order valence-electron chi connectivity index (χ0n) is 18.7. The molecule has 2 heterocycles. The van der Waals surface area contributed by atoms with Gasteiger partial charge in [0, 0.05) is 25.5 Å². The Bertz CT molecular complexity index is 1320. The number of likely N-dealkylation sites (tertiary alicyclic amines) is 1. The maximum absolute atomic E-state index is 13.4. The van der Waals surface area contributed by atoms with Crippen LogP contribution in [0.1, 0.15) is 33.5 Å². The number of hydrogen-bond acceptors (Lipinski definition) is 4. The molecule has 1 aliphatic rings. The van der Waals surface area contributed by atoms with Crippen molar-refractivity contribution in [2.45, 2.75) is 30.8 Å². The molecule has 4 rings (SSSR count). The Morgan fingerprint density at radius 2 is 1.85 bits per heavy atom. The molecule has 10 heteroatoms. The molecule has 1 atom stereocenters. The number of aromatic nitrogens is 2. The normalized spacial score (nSPS) is 16.7. The van der Waals surface area contributed by atoms with Crippen LogP contribution in [0.3, 0.4) is 0 Å². The second kappa shape index (κ2) is 8.90. The molecule has 1 unspecified atom stereocenters. The lowest BCUT2D eigenvalue weighted by molar-refractivity contribution is -0.137. The van der Waals surface area contributed by atoms with Crippen molar-refractivity contribution in [2.24, 2.45) is 5.92 Å². The van der Waals surface area contributed by atoms with Crippen LogP contribution in [0, 0.1) is 12.8 Å². The minimum absolute atomic E-state index is 0.0454. The van der Waals surface area contributed by atoms with Crippen molar-refractivity contribution in [3.63, 3.8) is 0 Å². The minimum Gasteiger partial charge on any atom is -0.338 e. The van der Waals surface area contributed by atoms with Crippen molar-refractivity contribution < 1.29 is 26.4 Å². The summed E-state index contributed by atoms with van der Waals surface area (Å²) in [5.74, 6) is -0.210. The van der Waals surface area contributed by atoms with Crippen LogP contribution in [-0.2, 0) is 22.4 Å². The molecule has 0 N–H and O–H groups in total. The first kappa shape index (κ1) is 24.0. The summed E-state index contributed by atoms with van der Waals surface area (Å²) in [6.07, 6.45) is 1.37. The predicted molar refractivity (Wildman–Crippen MR) is 121 cm³/mol. The fraction of sp³-hybridized carbons (Fsp3) is 0.333. The van der Waals surface area contributed by atoms with Gasteiger partial charge in [0.25, 0.3) is 5.91 Å². The molecular formula is C24H24F3N3O3S. The van der Waals surface area contributed by atoms with Crippen LogP contribution >= 0.6 is 0 Å². The van der Waals surface area contributed by atoms with E-state index >= 15 is 0 Å². The number of carbonyl (C=O) groups is 1. The number of benzene rings is 2. The van der Waals surface area contributed by atoms with Gasteiger partial charge in [-0.2, -0.15) is 18.3 Å². The largest absolute Gasteiger partial charge is 0.416 e. The van der Waals surface area contributed by atoms with Crippen LogP contribution in [0.4, 0.5) is 13.2 Å². The van der Waals surface area contributed by atoms with E-state index in [1.54, 1.807) is 28.0 Å². The van der Waals surface area contributed by atoms with Crippen molar-refractivity contribution in [2.75, 3.05) is 19.3 Å². The van der Waals surface area contributed by atoms with E-state index in [1.165, 1.54) is 24.3 Å². The molecule has 180 valence electrons. The highest BCUT2D eigenvalue weighted by molar-refractivity contribution is 7.90. The van der Waals surface area contributed by atoms with Crippen LogP contribution in [0.25, 0.3) is 5.69 Å². The minimum atomic E-state index is -4.37. The van der Waals surface area contributed by atoms with E-state index in [0.29, 0.717) is 31.6 Å². The maximum atomic E-state index is 13.4. The molecule has 0 saturated carbocycles. The van der Waals surface area contributed by atoms with Crippen LogP contribution in [-0.4, -0.2) is 48.4 Å². The molecule has 1 fully saturated rings. The van der Waals surface area contributed by atoms with Gasteiger partial charge < -0.3 is 4.90 Å². The Labute approximate surface area is 195 Å². The Kier molecular flexibility index (Phi) is 6.28. The van der Waals surface area contributed by atoms with Crippen molar-refractivity contribution >= 4 is 15.7 Å². The van der Waals surface area contributed by atoms with Crippen LogP contribution in [0.5, 0.6) is 0 Å². The van der Waals surface area contributed by atoms with Crippen LogP contribution < -0.4 is 0 Å². The van der Waals surface area contributed by atoms with Gasteiger partial charge >= 0.3 is 6.18 Å². The molecule has 3 aromatic rings. The number of halogens is 3. The number of aryl methyl sites for hydroxylation is 1. The van der Waals surface area contributed by atoms with E-state index in [2.05, 4.69) is 5.10 Å². The molecule has 0 aliphatic carbocycles. The third kappa shape index (κ3) is 5.16. The van der Waals surface area contributed by atoms with E-state index in [-0.39, 0.29) is 22.3 Å². The van der Waals surface area contributed by atoms with Gasteiger partial charge in [0.2, 0.25) is 0 Å². The number of amides is 1. The second-order valence-electron chi connectivity index (χ2n) is 8.72. The van der Waals surface area contributed by atoms with Gasteiger partial charge in [0.05, 0.1) is 27.9 Å². The number of sulfone groups is 1. The molecule has 1 amide bonds. The first-order valence-corrected chi connectivity index (χ1v) is 12.6. The molecule has 2 aromatic carbocycles. The van der Waals surface area contributed by atoms with Crippen molar-refractivity contribution in [1.29, 1.82) is 0 Å². The van der Waals surface area contributed by atoms with Gasteiger partial charge in [0.15, 0.2) is 9.84 Å². The van der Waals surface area contributed by atoms with Crippen LogP contribution in [0.15, 0.2) is 59.8 Å². The molecule has 0 bridgehead atoms. The fourth-order valence-corrected chi connectivity index (χ4v) is 4.83. The summed E-state index contributed by atoms with van der Waals surface area (Å²) in [7, 11) is -3.52. The van der Waals surface area contributed by atoms with Gasteiger partial charge in [0.1, 0.15) is 0 Å². The Morgan fingerprint density at radius 3 is 2.44 bits per heavy atom. The van der Waals surface area contributed by atoms with Gasteiger partial charge in [-0.05, 0) is 67.1 Å². The SMILES string of the molecule is Cc1cnn(-c2ccc(S(C)(=O)=O)cc2C(=O)N2CCC(Cc3ccc(C(F)(F)F)cc3)C2)c1. The first-order chi connectivity index (χ1) is 15.9. The number of alkyl halides is 3. The monoisotopic (exact) mass is 491 g/mol. The van der Waals surface area contributed by atoms with Gasteiger partial charge in [-0.15, -0.1) is 0 Å². The van der Waals surface area contributed by atoms with E-state index in [4.69, 9.17) is 0 Å². The zero-order valence-corrected chi connectivity index (χ0v) is 19.5. The molecule has 1 aliphatic heterocycles. The summed E-state index contributed by atoms with van der Waals surface area (Å²) in [6.45, 7) is 2.77. The molecule has 6 nitrogen and oxygen atoms in total. The third-order valence-electron chi connectivity index (χ3n) is 5.96. The smallest absolute Gasteiger partial charge is 0.338 e. The first-order valence-electron chi connectivity index (χ1n) is 10.7. The number of carbonyl (C=O) groups excluding carboxylic acids is 1. The Hall–Kier alpha value is -3.14. The van der Waals surface area contributed by atoms with Gasteiger partial charge in [-0.1, -0.05) is 12.1 Å². The summed E-state index contributed by atoms with van der Waals surface area (Å²) < 4.78 is 64.1. The van der Waals surface area contributed by atoms with E-state index < -0.39 is 21.6 Å². The molecule has 0 radical (unpaired) electrons. The topological polar surface area (TPSA) is 72.3 Å². The van der Waals surface area contributed by atoms with E-state index in [9.17, 15) is 26.4 Å². The molecule has 0 spiro atoms.